The molecule has 1 atom stereocenters. The summed E-state index contributed by atoms with van der Waals surface area (Å²) in [5.74, 6) is 1.08. The van der Waals surface area contributed by atoms with Gasteiger partial charge in [-0.1, -0.05) is 19.4 Å². The molecule has 3 nitrogen and oxygen atoms in total. The number of hydrogen-bond acceptors (Lipinski definition) is 3. The topological polar surface area (TPSA) is 42.2 Å². The van der Waals surface area contributed by atoms with Crippen molar-refractivity contribution in [3.05, 3.63) is 23.9 Å². The molecule has 3 heteroatoms. The molecule has 0 amide bonds. The van der Waals surface area contributed by atoms with Crippen molar-refractivity contribution >= 4 is 5.82 Å². The van der Waals surface area contributed by atoms with E-state index in [1.165, 1.54) is 18.4 Å². The van der Waals surface area contributed by atoms with Crippen molar-refractivity contribution in [3.8, 4) is 0 Å². The van der Waals surface area contributed by atoms with E-state index < -0.39 is 0 Å². The van der Waals surface area contributed by atoms with E-state index in [-0.39, 0.29) is 0 Å². The molecule has 90 valence electrons. The van der Waals surface area contributed by atoms with Gasteiger partial charge in [-0.25, -0.2) is 4.98 Å². The van der Waals surface area contributed by atoms with Gasteiger partial charge >= 0.3 is 0 Å². The normalized spacial score (nSPS) is 12.5. The molecule has 0 radical (unpaired) electrons. The summed E-state index contributed by atoms with van der Waals surface area (Å²) in [6.45, 7) is 5.13. The Hall–Kier alpha value is -1.09. The Balaban J connectivity index is 2.84. The van der Waals surface area contributed by atoms with Crippen LogP contribution in [0, 0.1) is 0 Å². The van der Waals surface area contributed by atoms with E-state index in [0.29, 0.717) is 12.6 Å². The van der Waals surface area contributed by atoms with Crippen LogP contribution in [0.4, 0.5) is 5.82 Å². The average Bonchev–Trinajstić information content (AvgIpc) is 2.29. The quantitative estimate of drug-likeness (QED) is 0.801. The zero-order valence-electron chi connectivity index (χ0n) is 10.6. The van der Waals surface area contributed by atoms with Crippen LogP contribution >= 0.6 is 0 Å². The molecule has 2 N–H and O–H groups in total. The van der Waals surface area contributed by atoms with Gasteiger partial charge in [-0.05, 0) is 37.9 Å². The van der Waals surface area contributed by atoms with Crippen LogP contribution in [-0.4, -0.2) is 24.6 Å². The molecule has 0 saturated heterocycles. The van der Waals surface area contributed by atoms with Crippen LogP contribution in [0.2, 0.25) is 0 Å². The zero-order chi connectivity index (χ0) is 12.0. The number of rotatable bonds is 6. The van der Waals surface area contributed by atoms with Gasteiger partial charge in [0.15, 0.2) is 0 Å². The molecule has 0 aliphatic carbocycles. The number of nitrogens with zero attached hydrogens (tertiary/aromatic N) is 2. The third-order valence-electron chi connectivity index (χ3n) is 2.98. The first-order chi connectivity index (χ1) is 7.70. The number of aromatic nitrogens is 1. The second-order valence-electron chi connectivity index (χ2n) is 4.27. The highest BCUT2D eigenvalue weighted by molar-refractivity contribution is 5.46. The Morgan fingerprint density at radius 3 is 2.88 bits per heavy atom. The smallest absolute Gasteiger partial charge is 0.131 e. The maximum absolute atomic E-state index is 5.62. The summed E-state index contributed by atoms with van der Waals surface area (Å²) in [6.07, 6.45) is 5.14. The fraction of sp³-hybridized carbons (Fsp3) is 0.615. The summed E-state index contributed by atoms with van der Waals surface area (Å²) in [5.41, 5.74) is 6.86. The molecule has 1 aromatic heterocycles. The van der Waals surface area contributed by atoms with Crippen LogP contribution in [0.15, 0.2) is 18.3 Å². The molecule has 0 aromatic carbocycles. The maximum Gasteiger partial charge on any atom is 0.131 e. The van der Waals surface area contributed by atoms with Gasteiger partial charge in [-0.3, -0.25) is 0 Å². The van der Waals surface area contributed by atoms with Gasteiger partial charge in [0.2, 0.25) is 0 Å². The Bertz CT molecular complexity index is 312. The van der Waals surface area contributed by atoms with Crippen LogP contribution in [0.3, 0.4) is 0 Å². The van der Waals surface area contributed by atoms with E-state index in [2.05, 4.69) is 36.8 Å². The van der Waals surface area contributed by atoms with Crippen molar-refractivity contribution in [2.45, 2.75) is 39.2 Å². The largest absolute Gasteiger partial charge is 0.357 e. The average molecular weight is 221 g/mol. The van der Waals surface area contributed by atoms with Gasteiger partial charge in [0, 0.05) is 19.3 Å². The van der Waals surface area contributed by atoms with Crippen LogP contribution < -0.4 is 10.6 Å². The van der Waals surface area contributed by atoms with Crippen molar-refractivity contribution in [1.82, 2.24) is 4.98 Å². The van der Waals surface area contributed by atoms with Gasteiger partial charge in [0.05, 0.1) is 0 Å². The first-order valence-corrected chi connectivity index (χ1v) is 6.07. The minimum atomic E-state index is 0.524. The van der Waals surface area contributed by atoms with E-state index in [0.717, 1.165) is 12.2 Å². The Labute approximate surface area is 98.7 Å². The molecule has 1 rings (SSSR count). The summed E-state index contributed by atoms with van der Waals surface area (Å²) in [6, 6.07) is 4.62. The summed E-state index contributed by atoms with van der Waals surface area (Å²) >= 11 is 0. The molecule has 0 saturated carbocycles. The van der Waals surface area contributed by atoms with E-state index in [4.69, 9.17) is 5.73 Å². The van der Waals surface area contributed by atoms with E-state index in [9.17, 15) is 0 Å². The van der Waals surface area contributed by atoms with Crippen molar-refractivity contribution in [2.24, 2.45) is 5.73 Å². The first kappa shape index (κ1) is 13.0. The molecule has 0 fully saturated rings. The lowest BCUT2D eigenvalue weighted by Gasteiger charge is -2.27. The monoisotopic (exact) mass is 221 g/mol. The number of hydrogen-bond donors (Lipinski definition) is 1. The molecule has 0 bridgehead atoms. The van der Waals surface area contributed by atoms with Crippen molar-refractivity contribution in [2.75, 3.05) is 18.5 Å². The molecule has 1 heterocycles. The third kappa shape index (κ3) is 3.20. The number of pyridine rings is 1. The molecular weight excluding hydrogens is 198 g/mol. The highest BCUT2D eigenvalue weighted by Gasteiger charge is 2.13. The highest BCUT2D eigenvalue weighted by atomic mass is 15.2. The zero-order valence-corrected chi connectivity index (χ0v) is 10.6. The number of anilines is 1. The second kappa shape index (κ2) is 6.48. The van der Waals surface area contributed by atoms with Gasteiger partial charge in [-0.2, -0.15) is 0 Å². The van der Waals surface area contributed by atoms with Gasteiger partial charge in [-0.15, -0.1) is 0 Å². The van der Waals surface area contributed by atoms with E-state index in [1.54, 1.807) is 0 Å². The SMILES string of the molecule is CCCC(C)N(C)c1ncccc1CCN. The minimum Gasteiger partial charge on any atom is -0.357 e. The maximum atomic E-state index is 5.62. The van der Waals surface area contributed by atoms with Gasteiger partial charge < -0.3 is 10.6 Å². The summed E-state index contributed by atoms with van der Waals surface area (Å²) in [4.78, 5) is 6.73. The van der Waals surface area contributed by atoms with E-state index in [1.807, 2.05) is 12.3 Å². The Morgan fingerprint density at radius 2 is 2.25 bits per heavy atom. The molecule has 1 aromatic rings. The summed E-state index contributed by atoms with van der Waals surface area (Å²) in [5, 5.41) is 0. The molecule has 0 spiro atoms. The highest BCUT2D eigenvalue weighted by Crippen LogP contribution is 2.19. The van der Waals surface area contributed by atoms with Crippen molar-refractivity contribution in [1.29, 1.82) is 0 Å². The van der Waals surface area contributed by atoms with Crippen LogP contribution in [0.5, 0.6) is 0 Å². The lowest BCUT2D eigenvalue weighted by molar-refractivity contribution is 0.609. The van der Waals surface area contributed by atoms with Crippen LogP contribution in [0.1, 0.15) is 32.3 Å². The summed E-state index contributed by atoms with van der Waals surface area (Å²) in [7, 11) is 2.11. The summed E-state index contributed by atoms with van der Waals surface area (Å²) < 4.78 is 0. The lowest BCUT2D eigenvalue weighted by Crippen LogP contribution is -2.30. The lowest BCUT2D eigenvalue weighted by atomic mass is 10.1. The van der Waals surface area contributed by atoms with E-state index >= 15 is 0 Å². The predicted octanol–water partition coefficient (Wildman–Crippen LogP) is 2.21. The van der Waals surface area contributed by atoms with Gasteiger partial charge in [0.1, 0.15) is 5.82 Å². The fourth-order valence-electron chi connectivity index (χ4n) is 1.92. The third-order valence-corrected chi connectivity index (χ3v) is 2.98. The molecule has 0 aliphatic rings. The fourth-order valence-corrected chi connectivity index (χ4v) is 1.92. The van der Waals surface area contributed by atoms with Crippen LogP contribution in [0.25, 0.3) is 0 Å². The molecule has 1 unspecified atom stereocenters. The number of nitrogens with two attached hydrogens (primary N) is 1. The molecule has 0 aliphatic heterocycles. The first-order valence-electron chi connectivity index (χ1n) is 6.07. The van der Waals surface area contributed by atoms with Crippen molar-refractivity contribution in [3.63, 3.8) is 0 Å². The standard InChI is InChI=1S/C13H23N3/c1-4-6-11(2)16(3)13-12(8-9-14)7-5-10-15-13/h5,7,10-11H,4,6,8-9,14H2,1-3H3. The second-order valence-corrected chi connectivity index (χ2v) is 4.27. The van der Waals surface area contributed by atoms with Gasteiger partial charge in [0.25, 0.3) is 0 Å². The predicted molar refractivity (Wildman–Crippen MR) is 69.8 cm³/mol. The minimum absolute atomic E-state index is 0.524. The molecule has 16 heavy (non-hydrogen) atoms. The van der Waals surface area contributed by atoms with Crippen molar-refractivity contribution < 1.29 is 0 Å². The Kier molecular flexibility index (Phi) is 5.26. The molecular formula is C13H23N3. The Morgan fingerprint density at radius 1 is 1.50 bits per heavy atom. The van der Waals surface area contributed by atoms with Crippen LogP contribution in [-0.2, 0) is 6.42 Å².